The van der Waals surface area contributed by atoms with Crippen molar-refractivity contribution in [1.29, 1.82) is 0 Å². The zero-order valence-electron chi connectivity index (χ0n) is 15.2. The Bertz CT molecular complexity index is 467. The van der Waals surface area contributed by atoms with E-state index in [0.29, 0.717) is 6.04 Å². The third-order valence-corrected chi connectivity index (χ3v) is 5.78. The van der Waals surface area contributed by atoms with Crippen LogP contribution in [0.5, 0.6) is 0 Å². The van der Waals surface area contributed by atoms with E-state index < -0.39 is 0 Å². The molecule has 2 heterocycles. The molecule has 5 nitrogen and oxygen atoms in total. The highest BCUT2D eigenvalue weighted by atomic mass is 127. The van der Waals surface area contributed by atoms with Gasteiger partial charge in [0.2, 0.25) is 0 Å². The highest BCUT2D eigenvalue weighted by molar-refractivity contribution is 14.0. The molecule has 0 amide bonds. The molecule has 144 valence electrons. The summed E-state index contributed by atoms with van der Waals surface area (Å²) in [6.07, 6.45) is 4.58. The van der Waals surface area contributed by atoms with Gasteiger partial charge in [-0.25, -0.2) is 0 Å². The molecule has 0 saturated carbocycles. The highest BCUT2D eigenvalue weighted by Gasteiger charge is 2.23. The van der Waals surface area contributed by atoms with Crippen molar-refractivity contribution in [3.05, 3.63) is 22.4 Å². The fraction of sp³-hybridized carbons (Fsp3) is 0.706. The van der Waals surface area contributed by atoms with Crippen LogP contribution in [0.3, 0.4) is 0 Å². The Morgan fingerprint density at radius 3 is 2.80 bits per heavy atom. The summed E-state index contributed by atoms with van der Waals surface area (Å²) in [5, 5.41) is 9.08. The molecule has 1 aliphatic rings. The smallest absolute Gasteiger partial charge is 0.191 e. The Morgan fingerprint density at radius 2 is 2.16 bits per heavy atom. The number of aliphatic imine (C=N–C) groups is 1. The fourth-order valence-corrected chi connectivity index (χ4v) is 4.13. The van der Waals surface area contributed by atoms with Crippen molar-refractivity contribution in [2.45, 2.75) is 18.9 Å². The normalized spacial score (nSPS) is 17.0. The monoisotopic (exact) mass is 498 g/mol. The van der Waals surface area contributed by atoms with Gasteiger partial charge in [-0.15, -0.1) is 35.3 Å². The summed E-state index contributed by atoms with van der Waals surface area (Å²) in [6.45, 7) is 5.47. The van der Waals surface area contributed by atoms with Gasteiger partial charge in [-0.1, -0.05) is 6.07 Å². The second kappa shape index (κ2) is 14.1. The molecule has 1 fully saturated rings. The van der Waals surface area contributed by atoms with E-state index in [-0.39, 0.29) is 24.0 Å². The standard InChI is InChI=1S/C17H30N4OS2.HI/c1-18-17(19-7-3-4-12-23-2)20-14-15(16-6-5-13-24-16)21-8-10-22-11-9-21;/h5-6,13,15H,3-4,7-12,14H2,1-2H3,(H2,18,19,20);1H. The molecule has 1 aromatic heterocycles. The maximum atomic E-state index is 5.50. The quantitative estimate of drug-likeness (QED) is 0.237. The Balaban J connectivity index is 0.00000312. The van der Waals surface area contributed by atoms with Crippen molar-refractivity contribution in [3.8, 4) is 0 Å². The number of thiophene rings is 1. The van der Waals surface area contributed by atoms with Crippen LogP contribution >= 0.6 is 47.1 Å². The molecule has 8 heteroatoms. The average Bonchev–Trinajstić information content (AvgIpc) is 3.15. The minimum absolute atomic E-state index is 0. The molecule has 0 spiro atoms. The lowest BCUT2D eigenvalue weighted by Gasteiger charge is -2.34. The van der Waals surface area contributed by atoms with Gasteiger partial charge in [-0.3, -0.25) is 9.89 Å². The van der Waals surface area contributed by atoms with Crippen LogP contribution in [0, 0.1) is 0 Å². The Hall–Kier alpha value is -0.0300. The average molecular weight is 499 g/mol. The summed E-state index contributed by atoms with van der Waals surface area (Å²) in [4.78, 5) is 8.26. The van der Waals surface area contributed by atoms with Gasteiger partial charge in [-0.2, -0.15) is 11.8 Å². The summed E-state index contributed by atoms with van der Waals surface area (Å²) in [6, 6.07) is 4.74. The van der Waals surface area contributed by atoms with E-state index in [4.69, 9.17) is 4.74 Å². The number of hydrogen-bond donors (Lipinski definition) is 2. The van der Waals surface area contributed by atoms with E-state index in [9.17, 15) is 0 Å². The largest absolute Gasteiger partial charge is 0.379 e. The molecule has 1 aromatic rings. The first-order valence-electron chi connectivity index (χ1n) is 8.63. The number of guanidine groups is 1. The third kappa shape index (κ3) is 8.47. The lowest BCUT2D eigenvalue weighted by atomic mass is 10.2. The molecule has 1 atom stereocenters. The number of ether oxygens (including phenoxy) is 1. The van der Waals surface area contributed by atoms with E-state index in [1.54, 1.807) is 0 Å². The molecule has 0 aromatic carbocycles. The minimum Gasteiger partial charge on any atom is -0.379 e. The number of hydrogen-bond acceptors (Lipinski definition) is 5. The van der Waals surface area contributed by atoms with E-state index >= 15 is 0 Å². The predicted octanol–water partition coefficient (Wildman–Crippen LogP) is 3.05. The first kappa shape index (κ1) is 23.0. The van der Waals surface area contributed by atoms with Crippen LogP contribution < -0.4 is 10.6 Å². The van der Waals surface area contributed by atoms with Crippen LogP contribution in [0.1, 0.15) is 23.8 Å². The van der Waals surface area contributed by atoms with Gasteiger partial charge in [-0.05, 0) is 36.3 Å². The zero-order chi connectivity index (χ0) is 17.0. The lowest BCUT2D eigenvalue weighted by molar-refractivity contribution is 0.0177. The van der Waals surface area contributed by atoms with Gasteiger partial charge < -0.3 is 15.4 Å². The second-order valence-electron chi connectivity index (χ2n) is 5.76. The van der Waals surface area contributed by atoms with Gasteiger partial charge in [0.1, 0.15) is 0 Å². The van der Waals surface area contributed by atoms with Gasteiger partial charge in [0.15, 0.2) is 5.96 Å². The summed E-state index contributed by atoms with van der Waals surface area (Å²) < 4.78 is 5.50. The molecule has 2 rings (SSSR count). The number of halogens is 1. The van der Waals surface area contributed by atoms with Crippen LogP contribution in [-0.2, 0) is 4.74 Å². The van der Waals surface area contributed by atoms with E-state index in [1.807, 2.05) is 30.1 Å². The summed E-state index contributed by atoms with van der Waals surface area (Å²) in [5.74, 6) is 2.12. The molecule has 0 radical (unpaired) electrons. The van der Waals surface area contributed by atoms with Crippen molar-refractivity contribution in [3.63, 3.8) is 0 Å². The minimum atomic E-state index is 0. The number of morpholine rings is 1. The Kier molecular flexibility index (Phi) is 13.0. The van der Waals surface area contributed by atoms with Crippen LogP contribution in [0.4, 0.5) is 0 Å². The first-order valence-corrected chi connectivity index (χ1v) is 10.9. The SMILES string of the molecule is CN=C(NCCCCSC)NCC(c1cccs1)N1CCOCC1.I. The van der Waals surface area contributed by atoms with Gasteiger partial charge in [0.25, 0.3) is 0 Å². The summed E-state index contributed by atoms with van der Waals surface area (Å²) >= 11 is 3.73. The Morgan fingerprint density at radius 1 is 1.36 bits per heavy atom. The fourth-order valence-electron chi connectivity index (χ4n) is 2.77. The molecule has 0 aliphatic carbocycles. The molecule has 2 N–H and O–H groups in total. The molecular weight excluding hydrogens is 467 g/mol. The third-order valence-electron chi connectivity index (χ3n) is 4.11. The maximum absolute atomic E-state index is 5.50. The van der Waals surface area contributed by atoms with Crippen molar-refractivity contribution in [2.24, 2.45) is 4.99 Å². The van der Waals surface area contributed by atoms with Crippen LogP contribution in [0.2, 0.25) is 0 Å². The first-order chi connectivity index (χ1) is 11.8. The molecule has 1 aliphatic heterocycles. The Labute approximate surface area is 177 Å². The highest BCUT2D eigenvalue weighted by Crippen LogP contribution is 2.25. The number of nitrogens with zero attached hydrogens (tertiary/aromatic N) is 2. The van der Waals surface area contributed by atoms with Crippen molar-refractivity contribution in [2.75, 3.05) is 58.4 Å². The van der Waals surface area contributed by atoms with Crippen molar-refractivity contribution >= 4 is 53.0 Å². The van der Waals surface area contributed by atoms with E-state index in [2.05, 4.69) is 44.3 Å². The number of unbranched alkanes of at least 4 members (excludes halogenated alkanes) is 1. The van der Waals surface area contributed by atoms with Crippen LogP contribution in [0.25, 0.3) is 0 Å². The molecular formula is C17H31IN4OS2. The maximum Gasteiger partial charge on any atom is 0.191 e. The van der Waals surface area contributed by atoms with Gasteiger partial charge >= 0.3 is 0 Å². The zero-order valence-corrected chi connectivity index (χ0v) is 19.2. The molecule has 1 saturated heterocycles. The second-order valence-corrected chi connectivity index (χ2v) is 7.72. The van der Waals surface area contributed by atoms with Crippen LogP contribution in [0.15, 0.2) is 22.5 Å². The van der Waals surface area contributed by atoms with Gasteiger partial charge in [0, 0.05) is 38.1 Å². The van der Waals surface area contributed by atoms with Crippen LogP contribution in [-0.4, -0.2) is 69.3 Å². The number of thioether (sulfide) groups is 1. The summed E-state index contributed by atoms with van der Waals surface area (Å²) in [5.41, 5.74) is 0. The van der Waals surface area contributed by atoms with Crippen molar-refractivity contribution in [1.82, 2.24) is 15.5 Å². The van der Waals surface area contributed by atoms with Gasteiger partial charge in [0.05, 0.1) is 19.3 Å². The van der Waals surface area contributed by atoms with E-state index in [0.717, 1.165) is 45.4 Å². The number of rotatable bonds is 9. The van der Waals surface area contributed by atoms with Crippen molar-refractivity contribution < 1.29 is 4.74 Å². The lowest BCUT2D eigenvalue weighted by Crippen LogP contribution is -2.46. The summed E-state index contributed by atoms with van der Waals surface area (Å²) in [7, 11) is 1.84. The predicted molar refractivity (Wildman–Crippen MR) is 122 cm³/mol. The molecule has 25 heavy (non-hydrogen) atoms. The number of nitrogens with one attached hydrogen (secondary N) is 2. The molecule has 0 bridgehead atoms. The molecule has 1 unspecified atom stereocenters. The topological polar surface area (TPSA) is 48.9 Å². The van der Waals surface area contributed by atoms with E-state index in [1.165, 1.54) is 23.5 Å².